The molecule has 0 fully saturated rings. The van der Waals surface area contributed by atoms with Crippen molar-refractivity contribution >= 4 is 28.4 Å². The minimum Gasteiger partial charge on any atom is -0.354 e. The summed E-state index contributed by atoms with van der Waals surface area (Å²) in [6.07, 6.45) is 1.75. The van der Waals surface area contributed by atoms with E-state index in [0.717, 1.165) is 6.20 Å². The van der Waals surface area contributed by atoms with Crippen molar-refractivity contribution in [3.8, 4) is 0 Å². The molecule has 8 nitrogen and oxygen atoms in total. The molecule has 104 valence electrons. The third kappa shape index (κ3) is 4.66. The molecule has 0 unspecified atom stereocenters. The molecule has 19 heavy (non-hydrogen) atoms. The van der Waals surface area contributed by atoms with E-state index in [1.165, 1.54) is 11.6 Å². The number of carbonyl (C=O) groups excluding carboxylic acids is 2. The lowest BCUT2D eigenvalue weighted by Gasteiger charge is -2.05. The average molecular weight is 289 g/mol. The molecule has 0 atom stereocenters. The second kappa shape index (κ2) is 6.83. The maximum atomic E-state index is 11.5. The summed E-state index contributed by atoms with van der Waals surface area (Å²) in [7, 11) is 0. The second-order valence-electron chi connectivity index (χ2n) is 3.84. The van der Waals surface area contributed by atoms with Crippen LogP contribution >= 0.6 is 11.6 Å². The van der Waals surface area contributed by atoms with Crippen molar-refractivity contribution in [1.29, 1.82) is 0 Å². The van der Waals surface area contributed by atoms with Crippen molar-refractivity contribution < 1.29 is 14.5 Å². The van der Waals surface area contributed by atoms with E-state index in [9.17, 15) is 19.7 Å². The molecule has 0 aliphatic carbocycles. The van der Waals surface area contributed by atoms with E-state index >= 15 is 0 Å². The molecular weight excluding hydrogens is 276 g/mol. The van der Waals surface area contributed by atoms with Crippen molar-refractivity contribution in [2.24, 2.45) is 0 Å². The number of amides is 1. The number of hydrogen-bond donors (Lipinski definition) is 1. The van der Waals surface area contributed by atoms with Crippen molar-refractivity contribution in [3.63, 3.8) is 0 Å². The molecule has 0 saturated carbocycles. The first-order chi connectivity index (χ1) is 8.91. The average Bonchev–Trinajstić information content (AvgIpc) is 2.66. The summed E-state index contributed by atoms with van der Waals surface area (Å²) in [4.78, 5) is 32.0. The third-order valence-electron chi connectivity index (χ3n) is 2.44. The Morgan fingerprint density at radius 3 is 2.79 bits per heavy atom. The Bertz CT molecular complexity index is 500. The van der Waals surface area contributed by atoms with Gasteiger partial charge in [-0.1, -0.05) is 0 Å². The van der Waals surface area contributed by atoms with Gasteiger partial charge < -0.3 is 5.32 Å². The normalized spacial score (nSPS) is 10.2. The largest absolute Gasteiger partial charge is 0.354 e. The fraction of sp³-hybridized carbons (Fsp3) is 0.500. The molecule has 0 radical (unpaired) electrons. The van der Waals surface area contributed by atoms with E-state index in [1.807, 2.05) is 0 Å². The van der Waals surface area contributed by atoms with Gasteiger partial charge in [0, 0.05) is 13.0 Å². The Morgan fingerprint density at radius 1 is 1.58 bits per heavy atom. The molecule has 0 bridgehead atoms. The van der Waals surface area contributed by atoms with Gasteiger partial charge >= 0.3 is 5.69 Å². The maximum absolute atomic E-state index is 11.5. The van der Waals surface area contributed by atoms with E-state index in [1.54, 1.807) is 0 Å². The minimum atomic E-state index is -0.553. The van der Waals surface area contributed by atoms with Crippen LogP contribution in [0, 0.1) is 17.0 Å². The molecule has 1 amide bonds. The number of carbonyl (C=O) groups is 2. The number of aromatic nitrogens is 2. The lowest BCUT2D eigenvalue weighted by molar-refractivity contribution is -0.385. The van der Waals surface area contributed by atoms with Gasteiger partial charge in [-0.15, -0.1) is 0 Å². The maximum Gasteiger partial charge on any atom is 0.309 e. The van der Waals surface area contributed by atoms with Crippen LogP contribution in [-0.2, 0) is 16.1 Å². The standard InChI is InChI=1S/C10H13ClN4O4/c1-7-8(15(18)19)5-13-14(7)6-10(17)12-4-2-3-9(11)16/h5H,2-4,6H2,1H3,(H,12,17). The van der Waals surface area contributed by atoms with Crippen LogP contribution in [0.15, 0.2) is 6.20 Å². The third-order valence-corrected chi connectivity index (χ3v) is 2.63. The molecule has 0 aliphatic heterocycles. The SMILES string of the molecule is Cc1c([N+](=O)[O-])cnn1CC(=O)NCCCC(=O)Cl. The first-order valence-electron chi connectivity index (χ1n) is 5.53. The summed E-state index contributed by atoms with van der Waals surface area (Å²) in [6, 6.07) is 0. The van der Waals surface area contributed by atoms with Crippen LogP contribution < -0.4 is 5.32 Å². The molecule has 9 heteroatoms. The Morgan fingerprint density at radius 2 is 2.26 bits per heavy atom. The predicted octanol–water partition coefficient (Wildman–Crippen LogP) is 0.762. The highest BCUT2D eigenvalue weighted by Gasteiger charge is 2.17. The van der Waals surface area contributed by atoms with Crippen LogP contribution in [-0.4, -0.2) is 32.4 Å². The Labute approximate surface area is 113 Å². The fourth-order valence-corrected chi connectivity index (χ4v) is 1.56. The van der Waals surface area contributed by atoms with Crippen molar-refractivity contribution in [2.75, 3.05) is 6.54 Å². The van der Waals surface area contributed by atoms with Crippen LogP contribution in [0.2, 0.25) is 0 Å². The van der Waals surface area contributed by atoms with Crippen molar-refractivity contribution in [3.05, 3.63) is 22.0 Å². The second-order valence-corrected chi connectivity index (χ2v) is 4.26. The zero-order valence-electron chi connectivity index (χ0n) is 10.3. The van der Waals surface area contributed by atoms with Gasteiger partial charge in [0.25, 0.3) is 0 Å². The predicted molar refractivity (Wildman–Crippen MR) is 66.7 cm³/mol. The van der Waals surface area contributed by atoms with E-state index in [2.05, 4.69) is 10.4 Å². The summed E-state index contributed by atoms with van der Waals surface area (Å²) < 4.78 is 1.25. The highest BCUT2D eigenvalue weighted by atomic mass is 35.5. The number of nitro groups is 1. The van der Waals surface area contributed by atoms with Gasteiger partial charge in [0.1, 0.15) is 18.4 Å². The zero-order valence-corrected chi connectivity index (χ0v) is 11.0. The summed E-state index contributed by atoms with van der Waals surface area (Å²) in [5.74, 6) is -0.330. The van der Waals surface area contributed by atoms with Crippen molar-refractivity contribution in [1.82, 2.24) is 15.1 Å². The van der Waals surface area contributed by atoms with Crippen LogP contribution in [0.1, 0.15) is 18.5 Å². The zero-order chi connectivity index (χ0) is 14.4. The molecule has 0 aliphatic rings. The van der Waals surface area contributed by atoms with Gasteiger partial charge in [0.05, 0.1) is 4.92 Å². The fourth-order valence-electron chi connectivity index (χ4n) is 1.42. The molecule has 0 saturated heterocycles. The molecule has 1 rings (SSSR count). The summed E-state index contributed by atoms with van der Waals surface area (Å²) >= 11 is 5.15. The van der Waals surface area contributed by atoms with Gasteiger partial charge in [-0.05, 0) is 24.9 Å². The minimum absolute atomic E-state index is 0.103. The highest BCUT2D eigenvalue weighted by Crippen LogP contribution is 2.15. The van der Waals surface area contributed by atoms with Crippen LogP contribution in [0.4, 0.5) is 5.69 Å². The van der Waals surface area contributed by atoms with E-state index in [0.29, 0.717) is 18.7 Å². The number of hydrogen-bond acceptors (Lipinski definition) is 5. The summed E-state index contributed by atoms with van der Waals surface area (Å²) in [6.45, 7) is 1.73. The first kappa shape index (κ1) is 15.1. The quantitative estimate of drug-likeness (QED) is 0.345. The van der Waals surface area contributed by atoms with E-state index in [-0.39, 0.29) is 24.6 Å². The van der Waals surface area contributed by atoms with Gasteiger partial charge in [-0.2, -0.15) is 5.10 Å². The van der Waals surface area contributed by atoms with Crippen LogP contribution in [0.5, 0.6) is 0 Å². The number of halogens is 1. The molecule has 1 aromatic rings. The van der Waals surface area contributed by atoms with Crippen molar-refractivity contribution in [2.45, 2.75) is 26.3 Å². The molecular formula is C10H13ClN4O4. The van der Waals surface area contributed by atoms with Gasteiger partial charge in [-0.3, -0.25) is 24.4 Å². The van der Waals surface area contributed by atoms with Crippen LogP contribution in [0.25, 0.3) is 0 Å². The summed E-state index contributed by atoms with van der Waals surface area (Å²) in [5.41, 5.74) is 0.191. The lowest BCUT2D eigenvalue weighted by Crippen LogP contribution is -2.29. The Balaban J connectivity index is 2.44. The Kier molecular flexibility index (Phi) is 5.43. The highest BCUT2D eigenvalue weighted by molar-refractivity contribution is 6.63. The molecule has 0 aromatic carbocycles. The Hall–Kier alpha value is -1.96. The number of nitrogens with zero attached hydrogens (tertiary/aromatic N) is 3. The molecule has 1 heterocycles. The number of rotatable bonds is 7. The van der Waals surface area contributed by atoms with Crippen LogP contribution in [0.3, 0.4) is 0 Å². The summed E-state index contributed by atoms with van der Waals surface area (Å²) in [5, 5.41) is 16.5. The lowest BCUT2D eigenvalue weighted by atomic mass is 10.3. The molecule has 1 aromatic heterocycles. The molecule has 0 spiro atoms. The van der Waals surface area contributed by atoms with Gasteiger partial charge in [0.2, 0.25) is 11.1 Å². The smallest absolute Gasteiger partial charge is 0.309 e. The van der Waals surface area contributed by atoms with Gasteiger partial charge in [-0.25, -0.2) is 0 Å². The first-order valence-corrected chi connectivity index (χ1v) is 5.91. The van der Waals surface area contributed by atoms with E-state index in [4.69, 9.17) is 11.6 Å². The monoisotopic (exact) mass is 288 g/mol. The molecule has 1 N–H and O–H groups in total. The van der Waals surface area contributed by atoms with Gasteiger partial charge in [0.15, 0.2) is 0 Å². The number of nitrogens with one attached hydrogen (secondary N) is 1. The van der Waals surface area contributed by atoms with E-state index < -0.39 is 10.2 Å². The topological polar surface area (TPSA) is 107 Å².